The SMILES string of the molecule is C/C=C(\C=C/CCC)B1C2=C(N/C=C/C(=C(\C=C\C)C(C)(C)C)C(C)(C)C)C=C(C(C)(C)C)CC2N(C/C=C\C2=C(C)C(C)CCC2(C)C)c2c1sc1ccccc21. The van der Waals surface area contributed by atoms with E-state index in [0.717, 1.165) is 25.8 Å². The molecule has 0 radical (unpaired) electrons. The minimum Gasteiger partial charge on any atom is -0.362 e. The van der Waals surface area contributed by atoms with Crippen LogP contribution in [0.1, 0.15) is 143 Å². The van der Waals surface area contributed by atoms with E-state index in [-0.39, 0.29) is 34.4 Å². The summed E-state index contributed by atoms with van der Waals surface area (Å²) in [6, 6.07) is 9.36. The highest BCUT2D eigenvalue weighted by Crippen LogP contribution is 2.47. The summed E-state index contributed by atoms with van der Waals surface area (Å²) in [5.74, 6) is 0.635. The molecule has 2 unspecified atom stereocenters. The molecule has 2 heterocycles. The van der Waals surface area contributed by atoms with E-state index < -0.39 is 0 Å². The maximum atomic E-state index is 4.03. The van der Waals surface area contributed by atoms with Gasteiger partial charge in [0.15, 0.2) is 0 Å². The molecule has 0 fully saturated rings. The highest BCUT2D eigenvalue weighted by Gasteiger charge is 2.46. The Balaban J connectivity index is 1.80. The number of anilines is 1. The second-order valence-corrected chi connectivity index (χ2v) is 22.1. The molecule has 1 aromatic heterocycles. The summed E-state index contributed by atoms with van der Waals surface area (Å²) >= 11 is 2.00. The van der Waals surface area contributed by atoms with E-state index in [1.807, 2.05) is 11.3 Å². The van der Waals surface area contributed by atoms with Crippen molar-refractivity contribution >= 4 is 38.6 Å². The van der Waals surface area contributed by atoms with Crippen molar-refractivity contribution in [2.45, 2.75) is 149 Å². The maximum absolute atomic E-state index is 4.03. The Morgan fingerprint density at radius 1 is 0.948 bits per heavy atom. The van der Waals surface area contributed by atoms with Crippen molar-refractivity contribution in [3.63, 3.8) is 0 Å². The van der Waals surface area contributed by atoms with Crippen LogP contribution in [0.4, 0.5) is 5.69 Å². The quantitative estimate of drug-likeness (QED) is 0.180. The van der Waals surface area contributed by atoms with Gasteiger partial charge in [-0.15, -0.1) is 11.3 Å². The van der Waals surface area contributed by atoms with Crippen LogP contribution in [0.25, 0.3) is 10.1 Å². The standard InChI is InChI=1S/C54H77BN2S/c1-17-20-21-26-40(19-3)55-48-45(56-33-31-44(53(12,13)14)43(25-18-2)52(9,10)11)35-39(51(6,7)8)36-46(48)57(49-41-27-22-23-29-47(41)58-50(49)55)34-24-28-42-38(5)37(4)30-32-54(42,15)16/h18-19,21-29,31,33,35,37,46,56H,17,20,30,32,34,36H2,1-16H3/b25-18+,26-21-,28-24-,33-31+,40-19+,44-43-. The summed E-state index contributed by atoms with van der Waals surface area (Å²) < 4.78 is 2.84. The number of nitrogens with one attached hydrogen (secondary N) is 1. The van der Waals surface area contributed by atoms with Crippen LogP contribution in [0.3, 0.4) is 0 Å². The molecular weight excluding hydrogens is 719 g/mol. The molecule has 1 N–H and O–H groups in total. The highest BCUT2D eigenvalue weighted by molar-refractivity contribution is 7.31. The summed E-state index contributed by atoms with van der Waals surface area (Å²) in [4.78, 5) is 2.79. The normalized spacial score (nSPS) is 21.6. The first kappa shape index (κ1) is 45.6. The number of allylic oxidation sites excluding steroid dienone is 13. The Hall–Kier alpha value is -3.50. The lowest BCUT2D eigenvalue weighted by Gasteiger charge is -2.46. The first-order valence-electron chi connectivity index (χ1n) is 22.4. The van der Waals surface area contributed by atoms with E-state index in [1.54, 1.807) is 5.57 Å². The van der Waals surface area contributed by atoms with Crippen molar-refractivity contribution in [1.82, 2.24) is 5.32 Å². The molecule has 1 aromatic carbocycles. The topological polar surface area (TPSA) is 15.3 Å². The predicted octanol–water partition coefficient (Wildman–Crippen LogP) is 15.2. The minimum absolute atomic E-state index is 0.0156. The number of fused-ring (bicyclic) bond motifs is 4. The molecule has 0 saturated heterocycles. The fourth-order valence-corrected chi connectivity index (χ4v) is 10.8. The van der Waals surface area contributed by atoms with Crippen LogP contribution in [-0.2, 0) is 0 Å². The highest BCUT2D eigenvalue weighted by atomic mass is 32.1. The van der Waals surface area contributed by atoms with Crippen LogP contribution in [0.5, 0.6) is 0 Å². The summed E-state index contributed by atoms with van der Waals surface area (Å²) in [6.07, 6.45) is 29.6. The molecule has 312 valence electrons. The molecule has 2 aromatic rings. The van der Waals surface area contributed by atoms with Gasteiger partial charge in [-0.3, -0.25) is 0 Å². The van der Waals surface area contributed by atoms with Gasteiger partial charge in [0.05, 0.1) is 5.69 Å². The number of hydrogen-bond acceptors (Lipinski definition) is 3. The summed E-state index contributed by atoms with van der Waals surface area (Å²) in [5.41, 5.74) is 13.1. The molecule has 0 amide bonds. The number of thiophene rings is 1. The zero-order chi connectivity index (χ0) is 42.8. The smallest absolute Gasteiger partial charge is 0.256 e. The minimum atomic E-state index is -0.0250. The van der Waals surface area contributed by atoms with Crippen molar-refractivity contribution < 1.29 is 0 Å². The van der Waals surface area contributed by atoms with Gasteiger partial charge in [0.1, 0.15) is 0 Å². The fourth-order valence-electron chi connectivity index (χ4n) is 9.46. The van der Waals surface area contributed by atoms with Crippen LogP contribution in [0, 0.1) is 27.6 Å². The first-order valence-corrected chi connectivity index (χ1v) is 23.2. The number of benzene rings is 1. The lowest BCUT2D eigenvalue weighted by molar-refractivity contribution is 0.339. The Labute approximate surface area is 359 Å². The lowest BCUT2D eigenvalue weighted by atomic mass is 9.34. The third-order valence-electron chi connectivity index (χ3n) is 13.0. The van der Waals surface area contributed by atoms with Gasteiger partial charge in [-0.1, -0.05) is 174 Å². The van der Waals surface area contributed by atoms with Gasteiger partial charge in [-0.05, 0) is 114 Å². The van der Waals surface area contributed by atoms with Gasteiger partial charge in [0.2, 0.25) is 0 Å². The van der Waals surface area contributed by atoms with Gasteiger partial charge in [0, 0.05) is 39.3 Å². The van der Waals surface area contributed by atoms with Crippen molar-refractivity contribution in [1.29, 1.82) is 0 Å². The Morgan fingerprint density at radius 2 is 1.62 bits per heavy atom. The van der Waals surface area contributed by atoms with E-state index >= 15 is 0 Å². The maximum Gasteiger partial charge on any atom is 0.256 e. The van der Waals surface area contributed by atoms with Crippen LogP contribution in [0.15, 0.2) is 130 Å². The molecule has 2 atom stereocenters. The molecule has 2 aliphatic carbocycles. The van der Waals surface area contributed by atoms with E-state index in [2.05, 4.69) is 206 Å². The van der Waals surface area contributed by atoms with Crippen LogP contribution >= 0.6 is 11.3 Å². The van der Waals surface area contributed by atoms with Gasteiger partial charge < -0.3 is 10.2 Å². The molecule has 0 saturated carbocycles. The predicted molar refractivity (Wildman–Crippen MR) is 262 cm³/mol. The van der Waals surface area contributed by atoms with Crippen LogP contribution in [-0.4, -0.2) is 19.3 Å². The molecule has 5 rings (SSSR count). The molecular formula is C54H77BN2S. The summed E-state index contributed by atoms with van der Waals surface area (Å²) in [5, 5.41) is 5.41. The third-order valence-corrected chi connectivity index (χ3v) is 14.3. The Morgan fingerprint density at radius 3 is 2.24 bits per heavy atom. The molecule has 1 aliphatic heterocycles. The van der Waals surface area contributed by atoms with E-state index in [4.69, 9.17) is 0 Å². The van der Waals surface area contributed by atoms with Gasteiger partial charge in [0.25, 0.3) is 6.71 Å². The summed E-state index contributed by atoms with van der Waals surface area (Å²) in [6.45, 7) is 38.6. The average Bonchev–Trinajstić information content (AvgIpc) is 3.52. The molecule has 0 bridgehead atoms. The molecule has 58 heavy (non-hydrogen) atoms. The van der Waals surface area contributed by atoms with Gasteiger partial charge in [-0.25, -0.2) is 0 Å². The van der Waals surface area contributed by atoms with Gasteiger partial charge >= 0.3 is 0 Å². The molecule has 0 spiro atoms. The molecule has 3 aliphatic rings. The van der Waals surface area contributed by atoms with E-state index in [9.17, 15) is 0 Å². The third kappa shape index (κ3) is 9.75. The average molecular weight is 797 g/mol. The first-order chi connectivity index (χ1) is 27.1. The Bertz CT molecular complexity index is 2100. The number of nitrogens with zero attached hydrogens (tertiary/aromatic N) is 1. The van der Waals surface area contributed by atoms with Crippen molar-refractivity contribution in [2.75, 3.05) is 11.4 Å². The second-order valence-electron chi connectivity index (χ2n) is 21.0. The van der Waals surface area contributed by atoms with E-state index in [0.29, 0.717) is 5.92 Å². The molecule has 2 nitrogen and oxygen atoms in total. The van der Waals surface area contributed by atoms with Gasteiger partial charge in [-0.2, -0.15) is 0 Å². The number of hydrogen-bond donors (Lipinski definition) is 1. The number of unbranched alkanes of at least 4 members (excludes halogenated alkanes) is 1. The van der Waals surface area contributed by atoms with Crippen LogP contribution < -0.4 is 15.0 Å². The Kier molecular flexibility index (Phi) is 14.2. The second kappa shape index (κ2) is 18.0. The fraction of sp³-hybridized carbons (Fsp3) is 0.519. The lowest BCUT2D eigenvalue weighted by Crippen LogP contribution is -2.55. The van der Waals surface area contributed by atoms with Crippen molar-refractivity contribution in [3.8, 4) is 0 Å². The monoisotopic (exact) mass is 797 g/mol. The molecule has 4 heteroatoms. The van der Waals surface area contributed by atoms with E-state index in [1.165, 1.54) is 72.3 Å². The van der Waals surface area contributed by atoms with Crippen LogP contribution in [0.2, 0.25) is 0 Å². The zero-order valence-electron chi connectivity index (χ0n) is 39.4. The zero-order valence-corrected chi connectivity index (χ0v) is 40.2. The van der Waals surface area contributed by atoms with Crippen molar-refractivity contribution in [3.05, 3.63) is 130 Å². The number of rotatable bonds is 11. The van der Waals surface area contributed by atoms with Crippen molar-refractivity contribution in [2.24, 2.45) is 27.6 Å². The largest absolute Gasteiger partial charge is 0.362 e. The summed E-state index contributed by atoms with van der Waals surface area (Å²) in [7, 11) is 0.